The monoisotopic (exact) mass is 497 g/mol. The molecule has 1 amide bonds. The lowest BCUT2D eigenvalue weighted by Gasteiger charge is -2.35. The van der Waals surface area contributed by atoms with Crippen LogP contribution >= 0.6 is 0 Å². The zero-order valence-electron chi connectivity index (χ0n) is 16.6. The molecule has 4 N–H and O–H groups in total. The van der Waals surface area contributed by atoms with Gasteiger partial charge in [-0.25, -0.2) is 23.5 Å². The molecule has 1 unspecified atom stereocenters. The Morgan fingerprint density at radius 2 is 1.82 bits per heavy atom. The average molecular weight is 497 g/mol. The predicted octanol–water partition coefficient (Wildman–Crippen LogP) is 2.69. The highest BCUT2D eigenvalue weighted by Gasteiger charge is 2.43. The predicted molar refractivity (Wildman–Crippen MR) is 103 cm³/mol. The molecule has 2 aromatic heterocycles. The van der Waals surface area contributed by atoms with Crippen LogP contribution in [0.25, 0.3) is 11.1 Å². The molecule has 2 aromatic rings. The number of amides is 1. The number of hydrogen-bond acceptors (Lipinski definition) is 6. The first-order valence-corrected chi connectivity index (χ1v) is 10.9. The highest BCUT2D eigenvalue weighted by Crippen LogP contribution is 2.43. The number of aromatic nitrogens is 2. The Morgan fingerprint density at radius 3 is 2.36 bits per heavy atom. The van der Waals surface area contributed by atoms with Crippen LogP contribution in [-0.2, 0) is 16.2 Å². The molecule has 0 saturated carbocycles. The van der Waals surface area contributed by atoms with E-state index >= 15 is 0 Å². The van der Waals surface area contributed by atoms with E-state index in [1.165, 1.54) is 0 Å². The Balaban J connectivity index is 2.29. The summed E-state index contributed by atoms with van der Waals surface area (Å²) in [5.74, 6) is -3.63. The lowest BCUT2D eigenvalue weighted by molar-refractivity contribution is -0.176. The number of rotatable bonds is 4. The van der Waals surface area contributed by atoms with Gasteiger partial charge in [-0.3, -0.25) is 4.79 Å². The fraction of sp³-hybridized carbons (Fsp3) is 0.389. The Bertz CT molecular complexity index is 1180. The van der Waals surface area contributed by atoms with E-state index < -0.39 is 73.8 Å². The maximum Gasteiger partial charge on any atom is 0.418 e. The second-order valence-corrected chi connectivity index (χ2v) is 8.87. The molecule has 0 aromatic carbocycles. The van der Waals surface area contributed by atoms with Crippen molar-refractivity contribution in [2.45, 2.75) is 30.2 Å². The number of carbonyl (C=O) groups is 1. The number of halogens is 6. The number of carbonyl (C=O) groups excluding carboxylic acids is 1. The van der Waals surface area contributed by atoms with Crippen LogP contribution in [0, 0.1) is 5.92 Å². The minimum atomic E-state index is -5.06. The maximum atomic E-state index is 13.8. The van der Waals surface area contributed by atoms with Crippen LogP contribution in [-0.4, -0.2) is 43.6 Å². The van der Waals surface area contributed by atoms with Gasteiger partial charge >= 0.3 is 12.4 Å². The van der Waals surface area contributed by atoms with Gasteiger partial charge in [0.2, 0.25) is 0 Å². The van der Waals surface area contributed by atoms with E-state index in [2.05, 4.69) is 9.97 Å². The number of primary amides is 1. The van der Waals surface area contributed by atoms with E-state index in [1.54, 1.807) is 0 Å². The van der Waals surface area contributed by atoms with Gasteiger partial charge in [-0.15, -0.1) is 0 Å². The van der Waals surface area contributed by atoms with Crippen molar-refractivity contribution in [1.29, 1.82) is 0 Å². The van der Waals surface area contributed by atoms with Crippen LogP contribution in [0.5, 0.6) is 0 Å². The van der Waals surface area contributed by atoms with Gasteiger partial charge in [0, 0.05) is 31.0 Å². The molecule has 33 heavy (non-hydrogen) atoms. The summed E-state index contributed by atoms with van der Waals surface area (Å²) in [6.45, 7) is -0.649. The van der Waals surface area contributed by atoms with Crippen LogP contribution in [0.3, 0.4) is 0 Å². The molecule has 1 atom stereocenters. The van der Waals surface area contributed by atoms with Crippen molar-refractivity contribution in [3.8, 4) is 11.1 Å². The molecule has 1 aliphatic rings. The molecule has 0 radical (unpaired) electrons. The number of sulfonamides is 1. The van der Waals surface area contributed by atoms with Crippen molar-refractivity contribution in [2.24, 2.45) is 16.8 Å². The van der Waals surface area contributed by atoms with Crippen molar-refractivity contribution in [3.05, 3.63) is 35.7 Å². The number of hydrogen-bond donors (Lipinski definition) is 2. The number of piperidine rings is 1. The maximum absolute atomic E-state index is 13.8. The van der Waals surface area contributed by atoms with Crippen LogP contribution < -0.4 is 15.8 Å². The molecule has 180 valence electrons. The number of anilines is 1. The van der Waals surface area contributed by atoms with Crippen molar-refractivity contribution in [1.82, 2.24) is 9.97 Å². The van der Waals surface area contributed by atoms with Gasteiger partial charge in [0.05, 0.1) is 17.0 Å². The summed E-state index contributed by atoms with van der Waals surface area (Å²) < 4.78 is 104. The van der Waals surface area contributed by atoms with Crippen molar-refractivity contribution < 1.29 is 39.6 Å². The number of nitrogens with zero attached hydrogens (tertiary/aromatic N) is 3. The van der Waals surface area contributed by atoms with Gasteiger partial charge in [-0.2, -0.15) is 26.3 Å². The summed E-state index contributed by atoms with van der Waals surface area (Å²) >= 11 is 0. The topological polar surface area (TPSA) is 132 Å². The fourth-order valence-electron chi connectivity index (χ4n) is 3.65. The third kappa shape index (κ3) is 5.19. The van der Waals surface area contributed by atoms with Crippen molar-refractivity contribution in [2.75, 3.05) is 18.0 Å². The first-order chi connectivity index (χ1) is 15.1. The molecule has 1 saturated heterocycles. The molecule has 0 bridgehead atoms. The number of alkyl halides is 6. The van der Waals surface area contributed by atoms with E-state index in [-0.39, 0.29) is 19.4 Å². The summed E-state index contributed by atoms with van der Waals surface area (Å²) in [5, 5.41) is 4.22. The third-order valence-electron chi connectivity index (χ3n) is 5.11. The molecule has 0 aliphatic carbocycles. The van der Waals surface area contributed by atoms with Crippen molar-refractivity contribution >= 4 is 21.7 Å². The Morgan fingerprint density at radius 1 is 1.15 bits per heavy atom. The Kier molecular flexibility index (Phi) is 6.32. The minimum absolute atomic E-state index is 0.0105. The van der Waals surface area contributed by atoms with Crippen LogP contribution in [0.1, 0.15) is 28.8 Å². The summed E-state index contributed by atoms with van der Waals surface area (Å²) in [7, 11) is -4.43. The fourth-order valence-corrected chi connectivity index (χ4v) is 4.15. The highest BCUT2D eigenvalue weighted by atomic mass is 32.2. The van der Waals surface area contributed by atoms with E-state index in [0.717, 1.165) is 17.2 Å². The molecule has 0 spiro atoms. The largest absolute Gasteiger partial charge is 0.418 e. The Hall–Kier alpha value is -2.94. The lowest BCUT2D eigenvalue weighted by atomic mass is 9.93. The Labute approximate surface area is 183 Å². The molecule has 3 heterocycles. The van der Waals surface area contributed by atoms with E-state index in [4.69, 9.17) is 10.9 Å². The molecule has 1 aliphatic heterocycles. The van der Waals surface area contributed by atoms with Crippen LogP contribution in [0.2, 0.25) is 0 Å². The summed E-state index contributed by atoms with van der Waals surface area (Å²) in [6.07, 6.45) is -8.54. The van der Waals surface area contributed by atoms with E-state index in [0.29, 0.717) is 12.3 Å². The minimum Gasteiger partial charge on any atom is -0.365 e. The highest BCUT2D eigenvalue weighted by molar-refractivity contribution is 7.89. The number of nitrogens with two attached hydrogens (primary N) is 2. The SMILES string of the molecule is NC(=O)c1c(N2CCCC(C(F)(F)F)C2)ncc(C(F)(F)F)c1-c1ccnc(S(N)(=O)=O)c1. The van der Waals surface area contributed by atoms with Gasteiger partial charge in [0.15, 0.2) is 5.03 Å². The van der Waals surface area contributed by atoms with Gasteiger partial charge in [-0.1, -0.05) is 0 Å². The summed E-state index contributed by atoms with van der Waals surface area (Å²) in [6, 6.07) is 1.70. The molecular formula is C18H17F6N5O3S. The third-order valence-corrected chi connectivity index (χ3v) is 5.92. The quantitative estimate of drug-likeness (QED) is 0.625. The average Bonchev–Trinajstić information content (AvgIpc) is 2.71. The van der Waals surface area contributed by atoms with Crippen molar-refractivity contribution in [3.63, 3.8) is 0 Å². The van der Waals surface area contributed by atoms with Gasteiger partial charge in [0.25, 0.3) is 15.9 Å². The number of pyridine rings is 2. The van der Waals surface area contributed by atoms with E-state index in [9.17, 15) is 39.6 Å². The van der Waals surface area contributed by atoms with Gasteiger partial charge < -0.3 is 10.6 Å². The van der Waals surface area contributed by atoms with E-state index in [1.807, 2.05) is 0 Å². The zero-order chi connectivity index (χ0) is 24.8. The second-order valence-electron chi connectivity index (χ2n) is 7.36. The first-order valence-electron chi connectivity index (χ1n) is 9.31. The second kappa shape index (κ2) is 8.44. The smallest absolute Gasteiger partial charge is 0.365 e. The standard InChI is InChI=1S/C18H17F6N5O3S/c19-17(20,21)10-2-1-5-29(8-10)16-14(15(25)30)13(11(7-28-16)18(22,23)24)9-3-4-27-12(6-9)33(26,31)32/h3-4,6-7,10H,1-2,5,8H2,(H2,25,30)(H2,26,31,32). The summed E-state index contributed by atoms with van der Waals surface area (Å²) in [5.41, 5.74) is 1.88. The first kappa shape index (κ1) is 24.7. The van der Waals surface area contributed by atoms with Gasteiger partial charge in [-0.05, 0) is 30.5 Å². The van der Waals surface area contributed by atoms with Crippen LogP contribution in [0.15, 0.2) is 29.6 Å². The molecule has 15 heteroatoms. The summed E-state index contributed by atoms with van der Waals surface area (Å²) in [4.78, 5) is 20.5. The molecule has 3 rings (SSSR count). The molecule has 1 fully saturated rings. The van der Waals surface area contributed by atoms with Gasteiger partial charge in [0.1, 0.15) is 5.82 Å². The lowest BCUT2D eigenvalue weighted by Crippen LogP contribution is -2.43. The molecular weight excluding hydrogens is 480 g/mol. The molecule has 8 nitrogen and oxygen atoms in total. The normalized spacial score (nSPS) is 17.8. The number of primary sulfonamides is 1. The zero-order valence-corrected chi connectivity index (χ0v) is 17.4. The van der Waals surface area contributed by atoms with Crippen LogP contribution in [0.4, 0.5) is 32.2 Å².